The van der Waals surface area contributed by atoms with E-state index in [2.05, 4.69) is 10.6 Å². The highest BCUT2D eigenvalue weighted by atomic mass is 35.5. The molecule has 1 fully saturated rings. The number of nitrogens with one attached hydrogen (secondary N) is 2. The summed E-state index contributed by atoms with van der Waals surface area (Å²) >= 11 is 5.87. The molecule has 1 aliphatic heterocycles. The van der Waals surface area contributed by atoms with Crippen LogP contribution in [0.3, 0.4) is 0 Å². The van der Waals surface area contributed by atoms with Crippen LogP contribution in [0.4, 0.5) is 24.5 Å². The van der Waals surface area contributed by atoms with Gasteiger partial charge in [-0.25, -0.2) is 0 Å². The van der Waals surface area contributed by atoms with Crippen LogP contribution in [0.2, 0.25) is 5.02 Å². The predicted octanol–water partition coefficient (Wildman–Crippen LogP) is 5.05. The SMILES string of the molecule is O=C(COc1ccc(N2C[C@H](C(=O)NCc3ccc(Cl)cc3)CC2=O)cc1)Nc1cccc(C(F)(F)F)c1. The maximum atomic E-state index is 12.8. The highest BCUT2D eigenvalue weighted by Gasteiger charge is 2.35. The van der Waals surface area contributed by atoms with Gasteiger partial charge in [-0.2, -0.15) is 13.2 Å². The molecule has 4 rings (SSSR count). The molecule has 38 heavy (non-hydrogen) atoms. The molecule has 0 spiro atoms. The van der Waals surface area contributed by atoms with Crippen molar-refractivity contribution in [1.82, 2.24) is 5.32 Å². The maximum Gasteiger partial charge on any atom is 0.416 e. The fourth-order valence-corrected chi connectivity index (χ4v) is 4.04. The van der Waals surface area contributed by atoms with Crippen LogP contribution in [0.1, 0.15) is 17.5 Å². The van der Waals surface area contributed by atoms with Crippen LogP contribution < -0.4 is 20.3 Å². The lowest BCUT2D eigenvalue weighted by molar-refractivity contribution is -0.137. The molecule has 0 saturated carbocycles. The average Bonchev–Trinajstić information content (AvgIpc) is 3.28. The summed E-state index contributed by atoms with van der Waals surface area (Å²) in [5, 5.41) is 5.81. The van der Waals surface area contributed by atoms with Gasteiger partial charge in [-0.05, 0) is 60.2 Å². The molecule has 3 aromatic carbocycles. The van der Waals surface area contributed by atoms with Crippen molar-refractivity contribution in [1.29, 1.82) is 0 Å². The fourth-order valence-electron chi connectivity index (χ4n) is 3.91. The van der Waals surface area contributed by atoms with Gasteiger partial charge in [-0.15, -0.1) is 0 Å². The van der Waals surface area contributed by atoms with Crippen LogP contribution in [0.25, 0.3) is 0 Å². The van der Waals surface area contributed by atoms with E-state index in [1.807, 2.05) is 12.1 Å². The standard InChI is InChI=1S/C27H23ClF3N3O4/c28-20-6-4-17(5-7-20)14-32-26(37)18-12-25(36)34(15-18)22-8-10-23(11-9-22)38-16-24(35)33-21-3-1-2-19(13-21)27(29,30)31/h1-11,13,18H,12,14-16H2,(H,32,37)(H,33,35)/t18-/m1/s1. The second-order valence-corrected chi connectivity index (χ2v) is 9.10. The van der Waals surface area contributed by atoms with Crippen LogP contribution in [-0.4, -0.2) is 30.9 Å². The zero-order valence-electron chi connectivity index (χ0n) is 19.9. The molecule has 0 aromatic heterocycles. The van der Waals surface area contributed by atoms with Gasteiger partial charge >= 0.3 is 6.18 Å². The molecule has 7 nitrogen and oxygen atoms in total. The predicted molar refractivity (Wildman–Crippen MR) is 136 cm³/mol. The van der Waals surface area contributed by atoms with Crippen molar-refractivity contribution in [2.75, 3.05) is 23.4 Å². The molecule has 0 unspecified atom stereocenters. The molecular weight excluding hydrogens is 523 g/mol. The molecule has 0 aliphatic carbocycles. The normalized spacial score (nSPS) is 15.3. The van der Waals surface area contributed by atoms with E-state index in [1.54, 1.807) is 36.4 Å². The van der Waals surface area contributed by atoms with Crippen LogP contribution in [0.5, 0.6) is 5.75 Å². The number of alkyl halides is 3. The van der Waals surface area contributed by atoms with Gasteiger partial charge in [-0.3, -0.25) is 14.4 Å². The number of rotatable bonds is 8. The van der Waals surface area contributed by atoms with Crippen molar-refractivity contribution in [3.05, 3.63) is 88.9 Å². The van der Waals surface area contributed by atoms with E-state index >= 15 is 0 Å². The third kappa shape index (κ3) is 7.04. The zero-order valence-corrected chi connectivity index (χ0v) is 20.7. The fraction of sp³-hybridized carbons (Fsp3) is 0.222. The minimum absolute atomic E-state index is 0.00285. The van der Waals surface area contributed by atoms with E-state index in [-0.39, 0.29) is 30.5 Å². The van der Waals surface area contributed by atoms with Crippen LogP contribution in [0.15, 0.2) is 72.8 Å². The Morgan fingerprint density at radius 1 is 1.03 bits per heavy atom. The quantitative estimate of drug-likeness (QED) is 0.415. The summed E-state index contributed by atoms with van der Waals surface area (Å²) in [6, 6.07) is 17.8. The molecular formula is C27H23ClF3N3O4. The molecule has 198 valence electrons. The lowest BCUT2D eigenvalue weighted by Gasteiger charge is -2.17. The number of hydrogen-bond donors (Lipinski definition) is 2. The summed E-state index contributed by atoms with van der Waals surface area (Å²) in [4.78, 5) is 38.7. The first-order valence-electron chi connectivity index (χ1n) is 11.6. The molecule has 1 heterocycles. The van der Waals surface area contributed by atoms with Crippen molar-refractivity contribution in [2.45, 2.75) is 19.1 Å². The Hall–Kier alpha value is -4.05. The Morgan fingerprint density at radius 2 is 1.74 bits per heavy atom. The summed E-state index contributed by atoms with van der Waals surface area (Å²) in [5.74, 6) is -1.20. The summed E-state index contributed by atoms with van der Waals surface area (Å²) in [6.07, 6.45) is -4.43. The summed E-state index contributed by atoms with van der Waals surface area (Å²) < 4.78 is 43.9. The summed E-state index contributed by atoms with van der Waals surface area (Å²) in [6.45, 7) is 0.132. The van der Waals surface area contributed by atoms with Crippen molar-refractivity contribution in [3.8, 4) is 5.75 Å². The molecule has 1 saturated heterocycles. The number of nitrogens with zero attached hydrogens (tertiary/aromatic N) is 1. The van der Waals surface area contributed by atoms with E-state index in [9.17, 15) is 27.6 Å². The molecule has 3 aromatic rings. The van der Waals surface area contributed by atoms with Crippen LogP contribution >= 0.6 is 11.6 Å². The van der Waals surface area contributed by atoms with Gasteiger partial charge < -0.3 is 20.3 Å². The first-order valence-corrected chi connectivity index (χ1v) is 12.0. The summed E-state index contributed by atoms with van der Waals surface area (Å²) in [7, 11) is 0. The van der Waals surface area contributed by atoms with Gasteiger partial charge in [0.2, 0.25) is 11.8 Å². The highest BCUT2D eigenvalue weighted by Crippen LogP contribution is 2.31. The zero-order chi connectivity index (χ0) is 27.3. The average molecular weight is 546 g/mol. The third-order valence-electron chi connectivity index (χ3n) is 5.87. The van der Waals surface area contributed by atoms with Gasteiger partial charge in [0.25, 0.3) is 5.91 Å². The number of halogens is 4. The monoisotopic (exact) mass is 545 g/mol. The maximum absolute atomic E-state index is 12.8. The lowest BCUT2D eigenvalue weighted by atomic mass is 10.1. The number of anilines is 2. The molecule has 0 bridgehead atoms. The Balaban J connectivity index is 1.26. The topological polar surface area (TPSA) is 87.7 Å². The van der Waals surface area contributed by atoms with E-state index in [0.29, 0.717) is 23.0 Å². The van der Waals surface area contributed by atoms with E-state index in [0.717, 1.165) is 17.7 Å². The van der Waals surface area contributed by atoms with Gasteiger partial charge in [-0.1, -0.05) is 29.8 Å². The Morgan fingerprint density at radius 3 is 2.42 bits per heavy atom. The Labute approximate surface area is 221 Å². The Kier molecular flexibility index (Phi) is 8.21. The van der Waals surface area contributed by atoms with Gasteiger partial charge in [0.1, 0.15) is 5.75 Å². The minimum Gasteiger partial charge on any atom is -0.484 e. The van der Waals surface area contributed by atoms with E-state index < -0.39 is 30.2 Å². The molecule has 3 amide bonds. The van der Waals surface area contributed by atoms with Gasteiger partial charge in [0.05, 0.1) is 11.5 Å². The number of benzene rings is 3. The molecule has 0 radical (unpaired) electrons. The van der Waals surface area contributed by atoms with Gasteiger partial charge in [0.15, 0.2) is 6.61 Å². The van der Waals surface area contributed by atoms with Crippen LogP contribution in [0, 0.1) is 5.92 Å². The highest BCUT2D eigenvalue weighted by molar-refractivity contribution is 6.30. The number of carbonyl (C=O) groups excluding carboxylic acids is 3. The number of ether oxygens (including phenoxy) is 1. The number of amides is 3. The number of hydrogen-bond acceptors (Lipinski definition) is 4. The van der Waals surface area contributed by atoms with E-state index in [1.165, 1.54) is 17.0 Å². The first-order chi connectivity index (χ1) is 18.1. The molecule has 1 aliphatic rings. The van der Waals surface area contributed by atoms with Crippen LogP contribution in [-0.2, 0) is 27.1 Å². The van der Waals surface area contributed by atoms with Crippen molar-refractivity contribution < 1.29 is 32.3 Å². The Bertz CT molecular complexity index is 1310. The molecule has 11 heteroatoms. The largest absolute Gasteiger partial charge is 0.484 e. The van der Waals surface area contributed by atoms with E-state index in [4.69, 9.17) is 16.3 Å². The lowest BCUT2D eigenvalue weighted by Crippen LogP contribution is -2.32. The van der Waals surface area contributed by atoms with Gasteiger partial charge in [0, 0.05) is 35.9 Å². The summed E-state index contributed by atoms with van der Waals surface area (Å²) in [5.41, 5.74) is 0.597. The second kappa shape index (κ2) is 11.6. The first kappa shape index (κ1) is 27.0. The van der Waals surface area contributed by atoms with Crippen molar-refractivity contribution in [2.24, 2.45) is 5.92 Å². The molecule has 1 atom stereocenters. The second-order valence-electron chi connectivity index (χ2n) is 8.66. The third-order valence-corrected chi connectivity index (χ3v) is 6.12. The minimum atomic E-state index is -4.52. The number of carbonyl (C=O) groups is 3. The van der Waals surface area contributed by atoms with Crippen molar-refractivity contribution >= 4 is 40.7 Å². The molecule has 2 N–H and O–H groups in total. The smallest absolute Gasteiger partial charge is 0.416 e. The van der Waals surface area contributed by atoms with Crippen molar-refractivity contribution in [3.63, 3.8) is 0 Å².